The molecule has 3 heterocycles. The molecule has 7 heteroatoms. The van der Waals surface area contributed by atoms with Crippen molar-refractivity contribution in [3.63, 3.8) is 0 Å². The highest BCUT2D eigenvalue weighted by Gasteiger charge is 2.73. The van der Waals surface area contributed by atoms with E-state index in [0.717, 1.165) is 43.0 Å². The smallest absolute Gasteiger partial charge is 0.224 e. The Morgan fingerprint density at radius 2 is 2.12 bits per heavy atom. The Hall–Kier alpha value is -2.51. The van der Waals surface area contributed by atoms with E-state index in [-0.39, 0.29) is 29.8 Å². The van der Waals surface area contributed by atoms with Gasteiger partial charge in [-0.2, -0.15) is 0 Å². The van der Waals surface area contributed by atoms with Gasteiger partial charge in [-0.1, -0.05) is 6.07 Å². The number of aromatic nitrogens is 1. The molecule has 1 aromatic carbocycles. The lowest BCUT2D eigenvalue weighted by molar-refractivity contribution is -0.192. The number of likely N-dealkylation sites (tertiary alicyclic amines) is 1. The summed E-state index contributed by atoms with van der Waals surface area (Å²) in [6.45, 7) is 1.98. The number of piperidine rings is 1. The molecule has 2 saturated carbocycles. The van der Waals surface area contributed by atoms with Crippen LogP contribution in [0.2, 0.25) is 0 Å². The minimum Gasteiger partial charge on any atom is -0.504 e. The maximum atomic E-state index is 12.9. The predicted molar refractivity (Wildman–Crippen MR) is 121 cm³/mol. The largest absolute Gasteiger partial charge is 0.504 e. The van der Waals surface area contributed by atoms with Crippen molar-refractivity contribution in [3.05, 3.63) is 47.3 Å². The number of hydrogen-bond acceptors (Lipinski definition) is 5. The number of benzene rings is 1. The molecule has 174 valence electrons. The molecule has 7 rings (SSSR count). The van der Waals surface area contributed by atoms with E-state index in [9.17, 15) is 15.0 Å². The summed E-state index contributed by atoms with van der Waals surface area (Å²) in [6.07, 6.45) is 9.04. The number of carbonyl (C=O) groups is 1. The first kappa shape index (κ1) is 19.9. The van der Waals surface area contributed by atoms with Crippen LogP contribution in [0.1, 0.15) is 48.8 Å². The van der Waals surface area contributed by atoms with Crippen molar-refractivity contribution in [2.75, 3.05) is 13.1 Å². The minimum atomic E-state index is -0.918. The number of aliphatic hydroxyl groups is 1. The highest BCUT2D eigenvalue weighted by atomic mass is 16.5. The average Bonchev–Trinajstić information content (AvgIpc) is 3.31. The number of nitrogens with one attached hydrogen (secondary N) is 2. The maximum Gasteiger partial charge on any atom is 0.224 e. The third-order valence-corrected chi connectivity index (χ3v) is 9.14. The van der Waals surface area contributed by atoms with E-state index in [2.05, 4.69) is 15.2 Å². The number of carbonyl (C=O) groups excluding carboxylic acids is 1. The standard InChI is InChI=1S/C26H31N3O4/c30-19-4-3-17-12-20-26(32)7-5-18(28-21(31)11-16-6-9-27-13-16)24-25(26,22(17)23(19)33-24)8-10-29(20)14-15-1-2-15/h3-4,6,9,13,15,18,20,24,27,30,32H,1-2,5,7-8,10-12,14H2,(H,28,31)/t18-,20-,24+,25+,26-/m1/s1. The first-order valence-corrected chi connectivity index (χ1v) is 12.4. The highest BCUT2D eigenvalue weighted by Crippen LogP contribution is 2.65. The second kappa shape index (κ2) is 6.76. The normalized spacial score (nSPS) is 36.2. The van der Waals surface area contributed by atoms with Crippen LogP contribution in [0.3, 0.4) is 0 Å². The van der Waals surface area contributed by atoms with E-state index >= 15 is 0 Å². The van der Waals surface area contributed by atoms with E-state index in [4.69, 9.17) is 4.74 Å². The molecule has 1 spiro atoms. The molecule has 5 atom stereocenters. The van der Waals surface area contributed by atoms with Gasteiger partial charge in [0.1, 0.15) is 6.10 Å². The third-order valence-electron chi connectivity index (χ3n) is 9.14. The molecule has 1 aromatic heterocycles. The van der Waals surface area contributed by atoms with Crippen LogP contribution in [0.15, 0.2) is 30.6 Å². The van der Waals surface area contributed by atoms with Gasteiger partial charge in [-0.3, -0.25) is 9.69 Å². The molecule has 4 N–H and O–H groups in total. The van der Waals surface area contributed by atoms with Gasteiger partial charge in [0, 0.05) is 30.5 Å². The number of H-pyrrole nitrogens is 1. The first-order valence-electron chi connectivity index (χ1n) is 12.4. The Balaban J connectivity index is 1.27. The van der Waals surface area contributed by atoms with Crippen molar-refractivity contribution in [3.8, 4) is 11.5 Å². The van der Waals surface area contributed by atoms with Gasteiger partial charge in [0.05, 0.1) is 23.5 Å². The van der Waals surface area contributed by atoms with E-state index in [1.165, 1.54) is 18.4 Å². The van der Waals surface area contributed by atoms with Gasteiger partial charge >= 0.3 is 0 Å². The minimum absolute atomic E-state index is 0.0380. The summed E-state index contributed by atoms with van der Waals surface area (Å²) < 4.78 is 6.50. The Morgan fingerprint density at radius 1 is 1.24 bits per heavy atom. The number of rotatable bonds is 5. The fourth-order valence-corrected chi connectivity index (χ4v) is 7.54. The molecule has 5 aliphatic rings. The number of ether oxygens (including phenoxy) is 1. The van der Waals surface area contributed by atoms with Crippen LogP contribution in [0.25, 0.3) is 0 Å². The van der Waals surface area contributed by atoms with Gasteiger partial charge in [-0.25, -0.2) is 0 Å². The number of aromatic amines is 1. The highest BCUT2D eigenvalue weighted by molar-refractivity contribution is 5.79. The van der Waals surface area contributed by atoms with Crippen LogP contribution in [-0.4, -0.2) is 62.9 Å². The zero-order chi connectivity index (χ0) is 22.4. The summed E-state index contributed by atoms with van der Waals surface area (Å²) in [6, 6.07) is 5.50. The molecule has 33 heavy (non-hydrogen) atoms. The Bertz CT molecular complexity index is 1110. The van der Waals surface area contributed by atoms with Gasteiger partial charge in [-0.15, -0.1) is 0 Å². The summed E-state index contributed by atoms with van der Waals surface area (Å²) in [5.74, 6) is 1.39. The summed E-state index contributed by atoms with van der Waals surface area (Å²) in [5, 5.41) is 26.4. The molecule has 2 aromatic rings. The molecule has 7 nitrogen and oxygen atoms in total. The first-order chi connectivity index (χ1) is 16.0. The Labute approximate surface area is 193 Å². The molecule has 3 aliphatic carbocycles. The van der Waals surface area contributed by atoms with Crippen molar-refractivity contribution in [1.29, 1.82) is 0 Å². The van der Waals surface area contributed by atoms with Gasteiger partial charge in [0.25, 0.3) is 0 Å². The van der Waals surface area contributed by atoms with Crippen LogP contribution in [0.5, 0.6) is 11.5 Å². The van der Waals surface area contributed by atoms with Gasteiger partial charge in [0.2, 0.25) is 5.91 Å². The second-order valence-electron chi connectivity index (χ2n) is 10.9. The maximum absolute atomic E-state index is 12.9. The van der Waals surface area contributed by atoms with Gasteiger partial charge in [0.15, 0.2) is 11.5 Å². The topological polar surface area (TPSA) is 97.8 Å². The summed E-state index contributed by atoms with van der Waals surface area (Å²) in [4.78, 5) is 18.4. The number of aromatic hydroxyl groups is 1. The third kappa shape index (κ3) is 2.66. The molecule has 1 amide bonds. The zero-order valence-electron chi connectivity index (χ0n) is 18.7. The summed E-state index contributed by atoms with van der Waals surface area (Å²) in [5.41, 5.74) is 1.61. The Kier molecular flexibility index (Phi) is 4.08. The second-order valence-corrected chi connectivity index (χ2v) is 10.9. The molecule has 2 aliphatic heterocycles. The number of nitrogens with zero attached hydrogens (tertiary/aromatic N) is 1. The molecule has 1 saturated heterocycles. The van der Waals surface area contributed by atoms with Crippen LogP contribution in [0.4, 0.5) is 0 Å². The van der Waals surface area contributed by atoms with Crippen molar-refractivity contribution in [2.45, 2.75) is 74.1 Å². The molecule has 0 unspecified atom stereocenters. The van der Waals surface area contributed by atoms with E-state index in [1.807, 2.05) is 24.5 Å². The average molecular weight is 450 g/mol. The summed E-state index contributed by atoms with van der Waals surface area (Å²) in [7, 11) is 0. The summed E-state index contributed by atoms with van der Waals surface area (Å²) >= 11 is 0. The van der Waals surface area contributed by atoms with E-state index in [1.54, 1.807) is 6.07 Å². The lowest BCUT2D eigenvalue weighted by Gasteiger charge is -2.64. The van der Waals surface area contributed by atoms with Gasteiger partial charge < -0.3 is 25.3 Å². The van der Waals surface area contributed by atoms with E-state index in [0.29, 0.717) is 25.0 Å². The van der Waals surface area contributed by atoms with Crippen LogP contribution in [0, 0.1) is 5.92 Å². The molecular formula is C26H31N3O4. The van der Waals surface area contributed by atoms with Crippen molar-refractivity contribution < 1.29 is 19.7 Å². The van der Waals surface area contributed by atoms with E-state index < -0.39 is 11.0 Å². The van der Waals surface area contributed by atoms with Crippen molar-refractivity contribution >= 4 is 5.91 Å². The number of amides is 1. The van der Waals surface area contributed by atoms with Crippen LogP contribution >= 0.6 is 0 Å². The number of hydrogen-bond donors (Lipinski definition) is 4. The molecule has 2 bridgehead atoms. The lowest BCUT2D eigenvalue weighted by atomic mass is 9.48. The number of phenols is 1. The monoisotopic (exact) mass is 449 g/mol. The van der Waals surface area contributed by atoms with Crippen LogP contribution < -0.4 is 10.1 Å². The van der Waals surface area contributed by atoms with Crippen LogP contribution in [-0.2, 0) is 23.1 Å². The zero-order valence-corrected chi connectivity index (χ0v) is 18.7. The fourth-order valence-electron chi connectivity index (χ4n) is 7.54. The lowest BCUT2D eigenvalue weighted by Crippen LogP contribution is -2.78. The van der Waals surface area contributed by atoms with Gasteiger partial charge in [-0.05, 0) is 74.2 Å². The SMILES string of the molecule is O=C(Cc1cc[nH]c1)N[C@@H]1CC[C@@]2(O)[C@H]3Cc4ccc(O)c5c4[C@@]2(CCN3CC2CC2)[C@H]1O5. The quantitative estimate of drug-likeness (QED) is 0.560. The fraction of sp³-hybridized carbons (Fsp3) is 0.577. The molecule has 3 fully saturated rings. The van der Waals surface area contributed by atoms with Crippen molar-refractivity contribution in [1.82, 2.24) is 15.2 Å². The predicted octanol–water partition coefficient (Wildman–Crippen LogP) is 2.01. The number of phenolic OH excluding ortho intramolecular Hbond substituents is 1. The van der Waals surface area contributed by atoms with Crippen molar-refractivity contribution in [2.24, 2.45) is 5.92 Å². The molecular weight excluding hydrogens is 418 g/mol. The molecule has 0 radical (unpaired) electrons. The Morgan fingerprint density at radius 3 is 2.91 bits per heavy atom.